The van der Waals surface area contributed by atoms with Crippen molar-refractivity contribution in [2.45, 2.75) is 11.3 Å². The van der Waals surface area contributed by atoms with Crippen LogP contribution in [0.1, 0.15) is 6.42 Å². The Kier molecular flexibility index (Phi) is 7.11. The van der Waals surface area contributed by atoms with Gasteiger partial charge in [-0.1, -0.05) is 11.6 Å². The normalized spacial score (nSPS) is 9.94. The summed E-state index contributed by atoms with van der Waals surface area (Å²) in [5.41, 5.74) is 5.41. The summed E-state index contributed by atoms with van der Waals surface area (Å²) in [4.78, 5) is 5.14. The summed E-state index contributed by atoms with van der Waals surface area (Å²) in [7, 11) is 1.76. The fourth-order valence-corrected chi connectivity index (χ4v) is 2.09. The van der Waals surface area contributed by atoms with Crippen molar-refractivity contribution < 1.29 is 0 Å². The average Bonchev–Trinajstić information content (AvgIpc) is 2.38. The Morgan fingerprint density at radius 1 is 1.61 bits per heavy atom. The quantitative estimate of drug-likeness (QED) is 0.361. The smallest absolute Gasteiger partial charge is 0.176 e. The molecule has 1 rings (SSSR count). The molecule has 1 aromatic heterocycles. The fourth-order valence-electron chi connectivity index (χ4n) is 1.07. The first-order chi connectivity index (χ1) is 8.67. The zero-order valence-corrected chi connectivity index (χ0v) is 12.4. The molecule has 0 aliphatic heterocycles. The van der Waals surface area contributed by atoms with Crippen LogP contribution in [0.2, 0.25) is 5.02 Å². The Labute approximate surface area is 121 Å². The largest absolute Gasteiger partial charge is 0.369 e. The SMILES string of the molecule is CNC(=S)NSc1cnc(NCCCN)c(Cl)c1. The molecule has 0 bridgehead atoms. The van der Waals surface area contributed by atoms with Gasteiger partial charge in [0.15, 0.2) is 5.11 Å². The van der Waals surface area contributed by atoms with Crippen LogP contribution in [0.4, 0.5) is 5.82 Å². The van der Waals surface area contributed by atoms with Crippen molar-refractivity contribution in [1.29, 1.82) is 0 Å². The number of aromatic nitrogens is 1. The number of hydrogen-bond donors (Lipinski definition) is 4. The Morgan fingerprint density at radius 3 is 3.00 bits per heavy atom. The van der Waals surface area contributed by atoms with Crippen molar-refractivity contribution in [2.75, 3.05) is 25.5 Å². The highest BCUT2D eigenvalue weighted by atomic mass is 35.5. The molecule has 0 unspecified atom stereocenters. The van der Waals surface area contributed by atoms with Gasteiger partial charge < -0.3 is 21.1 Å². The van der Waals surface area contributed by atoms with Gasteiger partial charge in [-0.3, -0.25) is 0 Å². The average molecular weight is 306 g/mol. The molecule has 1 heterocycles. The standard InChI is InChI=1S/C10H16ClN5S2/c1-13-10(17)16-18-7-5-8(11)9(15-6-7)14-4-2-3-12/h5-6H,2-4,12H2,1H3,(H,14,15)(H2,13,16,17). The van der Waals surface area contributed by atoms with Gasteiger partial charge in [0.1, 0.15) is 5.82 Å². The summed E-state index contributed by atoms with van der Waals surface area (Å²) < 4.78 is 2.95. The first kappa shape index (κ1) is 15.3. The van der Waals surface area contributed by atoms with Crippen molar-refractivity contribution in [3.05, 3.63) is 17.3 Å². The molecule has 1 aromatic rings. The highest BCUT2D eigenvalue weighted by Gasteiger charge is 2.04. The van der Waals surface area contributed by atoms with E-state index in [9.17, 15) is 0 Å². The van der Waals surface area contributed by atoms with E-state index in [4.69, 9.17) is 29.6 Å². The van der Waals surface area contributed by atoms with Gasteiger partial charge in [0.2, 0.25) is 0 Å². The van der Waals surface area contributed by atoms with Crippen molar-refractivity contribution in [3.63, 3.8) is 0 Å². The Balaban J connectivity index is 2.53. The van der Waals surface area contributed by atoms with E-state index in [1.807, 2.05) is 6.07 Å². The molecule has 100 valence electrons. The first-order valence-corrected chi connectivity index (χ1v) is 7.01. The van der Waals surface area contributed by atoms with E-state index in [0.29, 0.717) is 22.5 Å². The van der Waals surface area contributed by atoms with Gasteiger partial charge in [-0.15, -0.1) is 0 Å². The number of nitrogens with two attached hydrogens (primary N) is 1. The molecule has 0 saturated heterocycles. The van der Waals surface area contributed by atoms with Gasteiger partial charge in [-0.2, -0.15) is 0 Å². The molecule has 0 atom stereocenters. The van der Waals surface area contributed by atoms with Crippen molar-refractivity contribution in [1.82, 2.24) is 15.0 Å². The third kappa shape index (κ3) is 5.26. The van der Waals surface area contributed by atoms with Gasteiger partial charge in [-0.25, -0.2) is 4.98 Å². The molecule has 0 saturated carbocycles. The summed E-state index contributed by atoms with van der Waals surface area (Å²) in [6.45, 7) is 1.40. The minimum absolute atomic E-state index is 0.557. The third-order valence-electron chi connectivity index (χ3n) is 1.98. The van der Waals surface area contributed by atoms with E-state index in [0.717, 1.165) is 17.9 Å². The second-order valence-electron chi connectivity index (χ2n) is 3.35. The molecule has 0 spiro atoms. The number of thiocarbonyl (C=S) groups is 1. The van der Waals surface area contributed by atoms with Crippen LogP contribution in [0, 0.1) is 0 Å². The topological polar surface area (TPSA) is 75.0 Å². The fraction of sp³-hybridized carbons (Fsp3) is 0.400. The number of nitrogens with zero attached hydrogens (tertiary/aromatic N) is 1. The lowest BCUT2D eigenvalue weighted by atomic mass is 10.4. The lowest BCUT2D eigenvalue weighted by Gasteiger charge is -2.09. The maximum Gasteiger partial charge on any atom is 0.176 e. The highest BCUT2D eigenvalue weighted by Crippen LogP contribution is 2.24. The van der Waals surface area contributed by atoms with Crippen molar-refractivity contribution in [2.24, 2.45) is 5.73 Å². The van der Waals surface area contributed by atoms with Crippen LogP contribution in [0.3, 0.4) is 0 Å². The van der Waals surface area contributed by atoms with Gasteiger partial charge >= 0.3 is 0 Å². The molecule has 0 aromatic carbocycles. The third-order valence-corrected chi connectivity index (χ3v) is 3.47. The molecule has 0 aliphatic carbocycles. The summed E-state index contributed by atoms with van der Waals surface area (Å²) in [6.07, 6.45) is 2.61. The molecule has 8 heteroatoms. The summed E-state index contributed by atoms with van der Waals surface area (Å²) >= 11 is 12.4. The molecule has 5 nitrogen and oxygen atoms in total. The molecule has 0 radical (unpaired) electrons. The predicted octanol–water partition coefficient (Wildman–Crippen LogP) is 1.60. The monoisotopic (exact) mass is 305 g/mol. The van der Waals surface area contributed by atoms with Crippen LogP contribution in [0.5, 0.6) is 0 Å². The van der Waals surface area contributed by atoms with E-state index < -0.39 is 0 Å². The maximum absolute atomic E-state index is 6.11. The van der Waals surface area contributed by atoms with Gasteiger partial charge in [0.05, 0.1) is 5.02 Å². The van der Waals surface area contributed by atoms with Crippen LogP contribution >= 0.6 is 35.8 Å². The lowest BCUT2D eigenvalue weighted by Crippen LogP contribution is -2.27. The zero-order valence-electron chi connectivity index (χ0n) is 10.00. The van der Waals surface area contributed by atoms with Crippen LogP contribution in [-0.4, -0.2) is 30.2 Å². The Morgan fingerprint density at radius 2 is 2.39 bits per heavy atom. The highest BCUT2D eigenvalue weighted by molar-refractivity contribution is 7.99. The minimum Gasteiger partial charge on any atom is -0.369 e. The van der Waals surface area contributed by atoms with Crippen molar-refractivity contribution in [3.8, 4) is 0 Å². The number of nitrogens with one attached hydrogen (secondary N) is 3. The minimum atomic E-state index is 0.557. The van der Waals surface area contributed by atoms with Gasteiger partial charge in [0, 0.05) is 24.7 Å². The molecule has 18 heavy (non-hydrogen) atoms. The number of pyridine rings is 1. The zero-order chi connectivity index (χ0) is 13.4. The first-order valence-electron chi connectivity index (χ1n) is 5.41. The molecular formula is C10H16ClN5S2. The van der Waals surface area contributed by atoms with Crippen LogP contribution in [0.15, 0.2) is 17.2 Å². The van der Waals surface area contributed by atoms with Crippen molar-refractivity contribution >= 4 is 46.7 Å². The number of anilines is 1. The second kappa shape index (κ2) is 8.36. The van der Waals surface area contributed by atoms with Gasteiger partial charge in [0.25, 0.3) is 0 Å². The number of rotatable bonds is 6. The predicted molar refractivity (Wildman–Crippen MR) is 82.1 cm³/mol. The molecule has 0 fully saturated rings. The van der Waals surface area contributed by atoms with E-state index >= 15 is 0 Å². The maximum atomic E-state index is 6.11. The number of halogens is 1. The Hall–Kier alpha value is -0.760. The summed E-state index contributed by atoms with van der Waals surface area (Å²) in [5, 5.41) is 7.08. The van der Waals surface area contributed by atoms with E-state index in [1.165, 1.54) is 11.9 Å². The van der Waals surface area contributed by atoms with E-state index in [1.54, 1.807) is 13.2 Å². The molecular weight excluding hydrogens is 290 g/mol. The van der Waals surface area contributed by atoms with Crippen LogP contribution in [-0.2, 0) is 0 Å². The van der Waals surface area contributed by atoms with Gasteiger partial charge in [-0.05, 0) is 43.2 Å². The van der Waals surface area contributed by atoms with E-state index in [2.05, 4.69) is 20.3 Å². The summed E-state index contributed by atoms with van der Waals surface area (Å²) in [5.74, 6) is 0.672. The van der Waals surface area contributed by atoms with Crippen LogP contribution in [0.25, 0.3) is 0 Å². The molecule has 0 amide bonds. The van der Waals surface area contributed by atoms with Crippen LogP contribution < -0.4 is 21.1 Å². The lowest BCUT2D eigenvalue weighted by molar-refractivity contribution is 0.869. The molecule has 5 N–H and O–H groups in total. The Bertz CT molecular complexity index is 402. The van der Waals surface area contributed by atoms with E-state index in [-0.39, 0.29) is 0 Å². The number of hydrogen-bond acceptors (Lipinski definition) is 5. The molecule has 0 aliphatic rings. The summed E-state index contributed by atoms with van der Waals surface area (Å²) in [6, 6.07) is 1.83. The second-order valence-corrected chi connectivity index (χ2v) is 5.05.